The fraction of sp³-hybridized carbons (Fsp3) is 0.609. The van der Waals surface area contributed by atoms with Crippen LogP contribution in [0.2, 0.25) is 0 Å². The molecule has 10 heteroatoms. The van der Waals surface area contributed by atoms with Gasteiger partial charge >= 0.3 is 23.4 Å². The highest BCUT2D eigenvalue weighted by molar-refractivity contribution is 5.93. The molecule has 2 aliphatic heterocycles. The normalized spacial score (nSPS) is 20.2. The maximum atomic E-state index is 15.1. The highest BCUT2D eigenvalue weighted by Crippen LogP contribution is 2.56. The van der Waals surface area contributed by atoms with Gasteiger partial charge in [0.2, 0.25) is 0 Å². The van der Waals surface area contributed by atoms with E-state index in [-0.39, 0.29) is 11.6 Å². The number of hydrogen-bond acceptors (Lipinski definition) is 3. The van der Waals surface area contributed by atoms with Crippen LogP contribution < -0.4 is 10.5 Å². The third-order valence-electron chi connectivity index (χ3n) is 7.10. The SMILES string of the molecule is CC1(C)CCN2CCC(C)(C)c3c2c1cc1c(C(F)(F)C(F)(F)C(F)(F)CF)cc(=O)oc31. The summed E-state index contributed by atoms with van der Waals surface area (Å²) in [5.74, 6) is -17.3. The minimum atomic E-state index is -6.08. The molecule has 3 heterocycles. The maximum absolute atomic E-state index is 15.1. The smallest absolute Gasteiger partial charge is 0.379 e. The average Bonchev–Trinajstić information content (AvgIpc) is 2.70. The molecule has 0 spiro atoms. The first kappa shape index (κ1) is 23.9. The Hall–Kier alpha value is -2.26. The van der Waals surface area contributed by atoms with Crippen molar-refractivity contribution in [3.63, 3.8) is 0 Å². The Morgan fingerprint density at radius 2 is 1.55 bits per heavy atom. The lowest BCUT2D eigenvalue weighted by molar-refractivity contribution is -0.317. The molecule has 1 aromatic carbocycles. The van der Waals surface area contributed by atoms with Crippen LogP contribution in [0.25, 0.3) is 11.0 Å². The summed E-state index contributed by atoms with van der Waals surface area (Å²) in [7, 11) is 0. The van der Waals surface area contributed by atoms with E-state index in [4.69, 9.17) is 4.42 Å². The van der Waals surface area contributed by atoms with E-state index in [0.29, 0.717) is 42.7 Å². The Morgan fingerprint density at radius 1 is 0.970 bits per heavy atom. The highest BCUT2D eigenvalue weighted by atomic mass is 19.3. The standard InChI is InChI=1S/C23H24F7NO2/c1-19(2)5-7-31-8-6-20(3,4)16-17(31)14(19)9-12-13(10-15(32)33-18(12)16)22(27,28)23(29,30)21(25,26)11-24/h9-10H,5-8,11H2,1-4H3. The van der Waals surface area contributed by atoms with Gasteiger partial charge in [-0.25, -0.2) is 9.18 Å². The Morgan fingerprint density at radius 3 is 2.12 bits per heavy atom. The molecule has 2 aromatic rings. The zero-order valence-electron chi connectivity index (χ0n) is 18.6. The van der Waals surface area contributed by atoms with Gasteiger partial charge in [-0.1, -0.05) is 27.7 Å². The van der Waals surface area contributed by atoms with Crippen molar-refractivity contribution in [1.29, 1.82) is 0 Å². The number of fused-ring (bicyclic) bond motifs is 2. The van der Waals surface area contributed by atoms with Gasteiger partial charge in [-0.3, -0.25) is 0 Å². The zero-order valence-corrected chi connectivity index (χ0v) is 18.6. The van der Waals surface area contributed by atoms with Crippen LogP contribution in [0.5, 0.6) is 0 Å². The lowest BCUT2D eigenvalue weighted by Gasteiger charge is -2.48. The molecule has 0 amide bonds. The summed E-state index contributed by atoms with van der Waals surface area (Å²) < 4.78 is 104. The van der Waals surface area contributed by atoms with Gasteiger partial charge in [0, 0.05) is 41.4 Å². The highest BCUT2D eigenvalue weighted by Gasteiger charge is 2.72. The van der Waals surface area contributed by atoms with Crippen molar-refractivity contribution >= 4 is 16.7 Å². The van der Waals surface area contributed by atoms with Crippen LogP contribution in [-0.2, 0) is 16.8 Å². The molecule has 2 aliphatic rings. The number of halogens is 7. The molecule has 0 saturated heterocycles. The molecule has 0 bridgehead atoms. The molecule has 3 nitrogen and oxygen atoms in total. The van der Waals surface area contributed by atoms with E-state index < -0.39 is 51.8 Å². The van der Waals surface area contributed by atoms with Crippen LogP contribution in [0.15, 0.2) is 21.3 Å². The van der Waals surface area contributed by atoms with E-state index in [1.54, 1.807) is 0 Å². The summed E-state index contributed by atoms with van der Waals surface area (Å²) in [6, 6.07) is 1.34. The first-order valence-electron chi connectivity index (χ1n) is 10.6. The van der Waals surface area contributed by atoms with E-state index in [0.717, 1.165) is 0 Å². The summed E-state index contributed by atoms with van der Waals surface area (Å²) in [6.45, 7) is 5.72. The van der Waals surface area contributed by atoms with Crippen LogP contribution in [-0.4, -0.2) is 31.6 Å². The molecule has 33 heavy (non-hydrogen) atoms. The summed E-state index contributed by atoms with van der Waals surface area (Å²) in [5, 5.41) is -0.549. The maximum Gasteiger partial charge on any atom is 0.379 e. The van der Waals surface area contributed by atoms with Gasteiger partial charge in [-0.15, -0.1) is 0 Å². The van der Waals surface area contributed by atoms with Crippen LogP contribution >= 0.6 is 0 Å². The van der Waals surface area contributed by atoms with E-state index in [9.17, 15) is 26.7 Å². The number of nitrogens with zero attached hydrogens (tertiary/aromatic N) is 1. The topological polar surface area (TPSA) is 33.5 Å². The molecule has 0 unspecified atom stereocenters. The number of alkyl halides is 7. The van der Waals surface area contributed by atoms with Crippen molar-refractivity contribution in [3.8, 4) is 0 Å². The summed E-state index contributed by atoms with van der Waals surface area (Å²) in [6.07, 6.45) is 1.21. The predicted molar refractivity (Wildman–Crippen MR) is 110 cm³/mol. The Kier molecular flexibility index (Phi) is 4.98. The largest absolute Gasteiger partial charge is 0.422 e. The quantitative estimate of drug-likeness (QED) is 0.382. The lowest BCUT2D eigenvalue weighted by Crippen LogP contribution is -2.53. The summed E-state index contributed by atoms with van der Waals surface area (Å²) >= 11 is 0. The predicted octanol–water partition coefficient (Wildman–Crippen LogP) is 6.29. The molecule has 0 atom stereocenters. The zero-order chi connectivity index (χ0) is 24.8. The van der Waals surface area contributed by atoms with Crippen molar-refractivity contribution < 1.29 is 35.2 Å². The molecular weight excluding hydrogens is 455 g/mol. The van der Waals surface area contributed by atoms with Crippen molar-refractivity contribution in [2.24, 2.45) is 0 Å². The minimum absolute atomic E-state index is 0.104. The van der Waals surface area contributed by atoms with Crippen LogP contribution in [0.4, 0.5) is 36.4 Å². The molecule has 4 rings (SSSR count). The van der Waals surface area contributed by atoms with Gasteiger partial charge in [-0.05, 0) is 35.3 Å². The van der Waals surface area contributed by atoms with Crippen LogP contribution in [0, 0.1) is 0 Å². The minimum Gasteiger partial charge on any atom is -0.422 e. The fourth-order valence-corrected chi connectivity index (χ4v) is 4.93. The molecule has 182 valence electrons. The average molecular weight is 479 g/mol. The van der Waals surface area contributed by atoms with Gasteiger partial charge in [0.1, 0.15) is 5.58 Å². The first-order chi connectivity index (χ1) is 15.0. The van der Waals surface area contributed by atoms with E-state index in [1.165, 1.54) is 6.07 Å². The molecule has 0 N–H and O–H groups in total. The van der Waals surface area contributed by atoms with Crippen molar-refractivity contribution in [3.05, 3.63) is 39.2 Å². The van der Waals surface area contributed by atoms with Gasteiger partial charge in [-0.2, -0.15) is 26.3 Å². The van der Waals surface area contributed by atoms with Crippen molar-refractivity contribution in [1.82, 2.24) is 0 Å². The Bertz CT molecular complexity index is 1180. The second kappa shape index (κ2) is 6.88. The molecule has 0 aliphatic carbocycles. The lowest BCUT2D eigenvalue weighted by atomic mass is 9.69. The number of anilines is 1. The number of hydrogen-bond donors (Lipinski definition) is 0. The molecule has 0 radical (unpaired) electrons. The second-order valence-electron chi connectivity index (χ2n) is 10.2. The molecular formula is C23H24F7NO2. The van der Waals surface area contributed by atoms with Crippen LogP contribution in [0.1, 0.15) is 57.2 Å². The van der Waals surface area contributed by atoms with Gasteiger partial charge < -0.3 is 9.32 Å². The van der Waals surface area contributed by atoms with Gasteiger partial charge in [0.25, 0.3) is 0 Å². The third kappa shape index (κ3) is 3.19. The van der Waals surface area contributed by atoms with E-state index >= 15 is 8.78 Å². The molecule has 0 fully saturated rings. The Labute approximate surface area is 185 Å². The summed E-state index contributed by atoms with van der Waals surface area (Å²) in [4.78, 5) is 14.3. The number of benzene rings is 1. The van der Waals surface area contributed by atoms with Crippen LogP contribution in [0.3, 0.4) is 0 Å². The molecule has 1 aromatic heterocycles. The van der Waals surface area contributed by atoms with Crippen molar-refractivity contribution in [2.45, 2.75) is 69.1 Å². The van der Waals surface area contributed by atoms with Gasteiger partial charge in [0.05, 0.1) is 0 Å². The monoisotopic (exact) mass is 479 g/mol. The van der Waals surface area contributed by atoms with E-state index in [2.05, 4.69) is 0 Å². The van der Waals surface area contributed by atoms with E-state index in [1.807, 2.05) is 32.6 Å². The molecule has 0 saturated carbocycles. The third-order valence-corrected chi connectivity index (χ3v) is 7.10. The fourth-order valence-electron chi connectivity index (χ4n) is 4.93. The number of rotatable bonds is 4. The van der Waals surface area contributed by atoms with Crippen molar-refractivity contribution in [2.75, 3.05) is 24.7 Å². The second-order valence-corrected chi connectivity index (χ2v) is 10.2. The Balaban J connectivity index is 2.16. The summed E-state index contributed by atoms with van der Waals surface area (Å²) in [5.41, 5.74) is -2.85. The first-order valence-corrected chi connectivity index (χ1v) is 10.6. The van der Waals surface area contributed by atoms with Gasteiger partial charge in [0.15, 0.2) is 6.67 Å².